The maximum Gasteiger partial charge on any atom is 0.324 e. The molecule has 0 aromatic heterocycles. The number of nitrogens with one attached hydrogen (secondary N) is 1. The third-order valence-corrected chi connectivity index (χ3v) is 10.8. The molecular weight excluding hydrogens is 404 g/mol. The molecule has 7 heteroatoms. The lowest BCUT2D eigenvalue weighted by atomic mass is 9.39. The highest BCUT2D eigenvalue weighted by Crippen LogP contribution is 2.71. The van der Waals surface area contributed by atoms with Crippen molar-refractivity contribution >= 4 is 11.9 Å². The number of likely N-dealkylation sites (N-methyl/N-ethyl adjacent to an activating group) is 1. The Labute approximate surface area is 190 Å². The zero-order valence-corrected chi connectivity index (χ0v) is 19.1. The van der Waals surface area contributed by atoms with Gasteiger partial charge in [-0.3, -0.25) is 9.59 Å². The van der Waals surface area contributed by atoms with E-state index in [9.17, 15) is 20.0 Å². The van der Waals surface area contributed by atoms with E-state index in [4.69, 9.17) is 5.73 Å². The van der Waals surface area contributed by atoms with Crippen LogP contribution < -0.4 is 11.1 Å². The van der Waals surface area contributed by atoms with Crippen molar-refractivity contribution in [2.75, 3.05) is 7.05 Å². The maximum atomic E-state index is 13.7. The van der Waals surface area contributed by atoms with Gasteiger partial charge in [-0.05, 0) is 106 Å². The Morgan fingerprint density at radius 2 is 1.91 bits per heavy atom. The van der Waals surface area contributed by atoms with E-state index in [2.05, 4.69) is 11.4 Å². The summed E-state index contributed by atoms with van der Waals surface area (Å²) in [6.07, 6.45) is 10.6. The molecule has 1 saturated heterocycles. The Hall–Kier alpha value is -1.65. The smallest absolute Gasteiger partial charge is 0.324 e. The van der Waals surface area contributed by atoms with Gasteiger partial charge in [-0.15, -0.1) is 0 Å². The molecule has 174 valence electrons. The molecule has 7 unspecified atom stereocenters. The number of nitriles is 1. The summed E-state index contributed by atoms with van der Waals surface area (Å²) in [7, 11) is 1.80. The lowest BCUT2D eigenvalue weighted by Crippen LogP contribution is -2.67. The Kier molecular flexibility index (Phi) is 4.38. The Bertz CT molecular complexity index is 884. The zero-order chi connectivity index (χ0) is 22.5. The van der Waals surface area contributed by atoms with Crippen LogP contribution in [0, 0.1) is 45.8 Å². The van der Waals surface area contributed by atoms with Crippen LogP contribution in [0.3, 0.4) is 0 Å². The van der Waals surface area contributed by atoms with Gasteiger partial charge in [0.05, 0.1) is 12.1 Å². The second-order valence-electron chi connectivity index (χ2n) is 12.3. The number of carboxylic acids is 1. The van der Waals surface area contributed by atoms with Gasteiger partial charge in [0.1, 0.15) is 11.6 Å². The fraction of sp³-hybridized carbons (Fsp3) is 0.880. The molecule has 6 aliphatic carbocycles. The molecule has 7 rings (SSSR count). The molecule has 0 radical (unpaired) electrons. The van der Waals surface area contributed by atoms with Gasteiger partial charge in [-0.1, -0.05) is 6.42 Å². The number of nitrogens with two attached hydrogens (primary N) is 1. The zero-order valence-electron chi connectivity index (χ0n) is 19.1. The van der Waals surface area contributed by atoms with E-state index in [1.807, 2.05) is 4.90 Å². The summed E-state index contributed by atoms with van der Waals surface area (Å²) in [5, 5.41) is 23.1. The number of rotatable bonds is 5. The van der Waals surface area contributed by atoms with Gasteiger partial charge in [0.25, 0.3) is 0 Å². The molecule has 10 atom stereocenters. The second kappa shape index (κ2) is 6.70. The van der Waals surface area contributed by atoms with E-state index in [0.29, 0.717) is 24.2 Å². The van der Waals surface area contributed by atoms with Crippen LogP contribution in [0.1, 0.15) is 70.6 Å². The van der Waals surface area contributed by atoms with E-state index < -0.39 is 17.6 Å². The number of nitrogens with zero attached hydrogens (tertiary/aromatic N) is 2. The van der Waals surface area contributed by atoms with Crippen molar-refractivity contribution in [1.82, 2.24) is 10.2 Å². The highest BCUT2D eigenvalue weighted by molar-refractivity contribution is 5.84. The molecule has 7 aliphatic rings. The molecule has 32 heavy (non-hydrogen) atoms. The van der Waals surface area contributed by atoms with Crippen LogP contribution >= 0.6 is 0 Å². The number of aliphatic carboxylic acids is 1. The lowest BCUT2D eigenvalue weighted by Gasteiger charge is -2.66. The number of fused-ring (bicyclic) bond motifs is 1. The number of hydrogen-bond donors (Lipinski definition) is 3. The van der Waals surface area contributed by atoms with Gasteiger partial charge in [0.2, 0.25) is 5.91 Å². The lowest BCUT2D eigenvalue weighted by molar-refractivity contribution is -0.176. The SMILES string of the molecule is CNC1(C(=O)O)CCCC1C12CC3C[C@@H](C1)CC([C@H](N)C(=O)N1C4CC4C[C@H]1C#N)(C3)C2. The number of carbonyl (C=O) groups is 2. The minimum atomic E-state index is -0.858. The van der Waals surface area contributed by atoms with Crippen LogP contribution in [0.5, 0.6) is 0 Å². The monoisotopic (exact) mass is 440 g/mol. The summed E-state index contributed by atoms with van der Waals surface area (Å²) >= 11 is 0. The first-order chi connectivity index (χ1) is 15.3. The molecule has 6 saturated carbocycles. The van der Waals surface area contributed by atoms with E-state index >= 15 is 0 Å². The van der Waals surface area contributed by atoms with Crippen molar-refractivity contribution in [2.24, 2.45) is 40.2 Å². The molecule has 1 heterocycles. The third-order valence-electron chi connectivity index (χ3n) is 10.8. The van der Waals surface area contributed by atoms with Gasteiger partial charge in [0.15, 0.2) is 0 Å². The molecule has 7 fully saturated rings. The minimum absolute atomic E-state index is 0.0109. The van der Waals surface area contributed by atoms with Gasteiger partial charge < -0.3 is 21.1 Å². The normalized spacial score (nSPS) is 51.3. The molecule has 1 aliphatic heterocycles. The van der Waals surface area contributed by atoms with Gasteiger partial charge in [-0.2, -0.15) is 5.26 Å². The predicted molar refractivity (Wildman–Crippen MR) is 117 cm³/mol. The highest BCUT2D eigenvalue weighted by Gasteiger charge is 2.67. The molecule has 0 spiro atoms. The summed E-state index contributed by atoms with van der Waals surface area (Å²) < 4.78 is 0. The van der Waals surface area contributed by atoms with Gasteiger partial charge in [0, 0.05) is 6.04 Å². The van der Waals surface area contributed by atoms with Crippen LogP contribution in [0.4, 0.5) is 0 Å². The molecular formula is C25H36N4O3. The van der Waals surface area contributed by atoms with Crippen molar-refractivity contribution < 1.29 is 14.7 Å². The second-order valence-corrected chi connectivity index (χ2v) is 12.3. The molecule has 1 amide bonds. The molecule has 0 aromatic rings. The number of carbonyl (C=O) groups excluding carboxylic acids is 1. The van der Waals surface area contributed by atoms with E-state index in [1.54, 1.807) is 7.05 Å². The summed E-state index contributed by atoms with van der Waals surface area (Å²) in [6.45, 7) is 0. The topological polar surface area (TPSA) is 119 Å². The van der Waals surface area contributed by atoms with E-state index in [-0.39, 0.29) is 34.7 Å². The van der Waals surface area contributed by atoms with Crippen molar-refractivity contribution in [3.8, 4) is 6.07 Å². The average molecular weight is 441 g/mol. The molecule has 7 nitrogen and oxygen atoms in total. The summed E-state index contributed by atoms with van der Waals surface area (Å²) in [5.74, 6) is 0.932. The fourth-order valence-electron chi connectivity index (χ4n) is 9.99. The number of carboxylic acid groups (broad SMARTS) is 1. The summed E-state index contributed by atoms with van der Waals surface area (Å²) in [6, 6.07) is 1.67. The van der Waals surface area contributed by atoms with Crippen LogP contribution in [0.25, 0.3) is 0 Å². The largest absolute Gasteiger partial charge is 0.480 e. The van der Waals surface area contributed by atoms with Crippen molar-refractivity contribution in [3.63, 3.8) is 0 Å². The van der Waals surface area contributed by atoms with Crippen molar-refractivity contribution in [2.45, 2.75) is 94.3 Å². The Morgan fingerprint density at radius 3 is 2.53 bits per heavy atom. The fourth-order valence-corrected chi connectivity index (χ4v) is 9.99. The predicted octanol–water partition coefficient (Wildman–Crippen LogP) is 2.26. The third kappa shape index (κ3) is 2.60. The van der Waals surface area contributed by atoms with Crippen LogP contribution in [0.2, 0.25) is 0 Å². The van der Waals surface area contributed by atoms with Crippen LogP contribution in [0.15, 0.2) is 0 Å². The highest BCUT2D eigenvalue weighted by atomic mass is 16.4. The first-order valence-electron chi connectivity index (χ1n) is 12.7. The van der Waals surface area contributed by atoms with Crippen LogP contribution in [-0.2, 0) is 9.59 Å². The quantitative estimate of drug-likeness (QED) is 0.603. The molecule has 4 bridgehead atoms. The number of amides is 1. The maximum absolute atomic E-state index is 13.7. The van der Waals surface area contributed by atoms with Crippen molar-refractivity contribution in [3.05, 3.63) is 0 Å². The first-order valence-corrected chi connectivity index (χ1v) is 12.7. The Balaban J connectivity index is 1.33. The molecule has 4 N–H and O–H groups in total. The summed E-state index contributed by atoms with van der Waals surface area (Å²) in [5.41, 5.74) is 5.74. The number of hydrogen-bond acceptors (Lipinski definition) is 5. The van der Waals surface area contributed by atoms with E-state index in [0.717, 1.165) is 57.8 Å². The standard InChI is InChI=1S/C25H36N4O3/c1-28-25(22(31)32)4-2-3-19(25)23-8-14-5-15(9-23)11-24(10-14,13-23)20(27)21(30)29-17(12-26)6-16-7-18(16)29/h14-20,28H,2-11,13,27H2,1H3,(H,31,32)/t14-,15?,16?,17-,18?,19?,20+,23?,24?,25?/m0/s1. The van der Waals surface area contributed by atoms with E-state index in [1.165, 1.54) is 6.42 Å². The van der Waals surface area contributed by atoms with Gasteiger partial charge >= 0.3 is 5.97 Å². The number of likely N-dealkylation sites (tertiary alicyclic amines) is 1. The average Bonchev–Trinajstić information content (AvgIpc) is 3.21. The first kappa shape index (κ1) is 20.9. The Morgan fingerprint density at radius 1 is 1.19 bits per heavy atom. The minimum Gasteiger partial charge on any atom is -0.480 e. The summed E-state index contributed by atoms with van der Waals surface area (Å²) in [4.78, 5) is 28.1. The molecule has 0 aromatic carbocycles. The van der Waals surface area contributed by atoms with Crippen LogP contribution in [-0.4, -0.2) is 52.6 Å². The number of piperidine rings is 1. The van der Waals surface area contributed by atoms with Crippen molar-refractivity contribution in [1.29, 1.82) is 5.26 Å². The van der Waals surface area contributed by atoms with Gasteiger partial charge in [-0.25, -0.2) is 0 Å².